The second kappa shape index (κ2) is 6.52. The predicted octanol–water partition coefficient (Wildman–Crippen LogP) is 3.96. The molecule has 0 radical (unpaired) electrons. The molecule has 3 heterocycles. The number of aryl methyl sites for hydroxylation is 1. The summed E-state index contributed by atoms with van der Waals surface area (Å²) in [5, 5.41) is 7.18. The van der Waals surface area contributed by atoms with E-state index in [1.54, 1.807) is 29.2 Å². The van der Waals surface area contributed by atoms with Crippen LogP contribution in [0.3, 0.4) is 0 Å². The molecule has 0 spiro atoms. The van der Waals surface area contributed by atoms with Gasteiger partial charge in [-0.25, -0.2) is 19.0 Å². The number of hydrogen-bond acceptors (Lipinski definition) is 5. The maximum Gasteiger partial charge on any atom is 0.210 e. The Labute approximate surface area is 147 Å². The van der Waals surface area contributed by atoms with Crippen LogP contribution in [0.15, 0.2) is 54.2 Å². The van der Waals surface area contributed by atoms with Crippen molar-refractivity contribution in [2.24, 2.45) is 0 Å². The molecular weight excluding hydrogens is 337 g/mol. The molecule has 0 saturated carbocycles. The van der Waals surface area contributed by atoms with Gasteiger partial charge in [0.15, 0.2) is 10.8 Å². The first-order valence-electron chi connectivity index (χ1n) is 7.72. The second-order valence-corrected chi connectivity index (χ2v) is 6.43. The Balaban J connectivity index is 1.82. The maximum absolute atomic E-state index is 14.1. The van der Waals surface area contributed by atoms with Crippen LogP contribution in [0.25, 0.3) is 22.2 Å². The molecule has 0 aliphatic rings. The van der Waals surface area contributed by atoms with Crippen LogP contribution in [0.2, 0.25) is 0 Å². The van der Waals surface area contributed by atoms with E-state index in [0.717, 1.165) is 16.3 Å². The quantitative estimate of drug-likeness (QED) is 0.558. The summed E-state index contributed by atoms with van der Waals surface area (Å²) in [5.74, 6) is 0.945. The summed E-state index contributed by atoms with van der Waals surface area (Å²) in [7, 11) is 0. The summed E-state index contributed by atoms with van der Waals surface area (Å²) >= 11 is 1.47. The lowest BCUT2D eigenvalue weighted by atomic mass is 10.2. The molecule has 1 aromatic carbocycles. The zero-order valence-electron chi connectivity index (χ0n) is 13.4. The van der Waals surface area contributed by atoms with Gasteiger partial charge in [0.2, 0.25) is 5.82 Å². The van der Waals surface area contributed by atoms with Crippen molar-refractivity contribution in [1.29, 1.82) is 0 Å². The number of rotatable bonds is 4. The molecule has 124 valence electrons. The first-order chi connectivity index (χ1) is 12.2. The van der Waals surface area contributed by atoms with Gasteiger partial charge in [-0.05, 0) is 25.1 Å². The van der Waals surface area contributed by atoms with E-state index in [0.29, 0.717) is 23.8 Å². The number of benzene rings is 1. The van der Waals surface area contributed by atoms with Gasteiger partial charge in [0.25, 0.3) is 0 Å². The number of nitrogens with zero attached hydrogens (tertiary/aromatic N) is 5. The Morgan fingerprint density at radius 2 is 2.00 bits per heavy atom. The Morgan fingerprint density at radius 3 is 2.76 bits per heavy atom. The minimum atomic E-state index is -0.259. The van der Waals surface area contributed by atoms with E-state index in [4.69, 9.17) is 0 Å². The molecule has 0 atom stereocenters. The average Bonchev–Trinajstić information content (AvgIpc) is 3.26. The predicted molar refractivity (Wildman–Crippen MR) is 94.6 cm³/mol. The Bertz CT molecular complexity index is 1010. The van der Waals surface area contributed by atoms with Crippen molar-refractivity contribution in [3.05, 3.63) is 71.2 Å². The number of pyridine rings is 1. The smallest absolute Gasteiger partial charge is 0.210 e. The van der Waals surface area contributed by atoms with Crippen molar-refractivity contribution in [3.63, 3.8) is 0 Å². The summed E-state index contributed by atoms with van der Waals surface area (Å²) < 4.78 is 15.8. The lowest BCUT2D eigenvalue weighted by Crippen LogP contribution is -2.06. The van der Waals surface area contributed by atoms with E-state index in [1.807, 2.05) is 30.5 Å². The molecule has 0 bridgehead atoms. The SMILES string of the molecule is Cc1cc(-c2nc(-c3nccs3)nn2Cc2ccccc2F)ccn1. The van der Waals surface area contributed by atoms with Crippen LogP contribution in [0.1, 0.15) is 11.3 Å². The van der Waals surface area contributed by atoms with Gasteiger partial charge in [0, 0.05) is 34.6 Å². The van der Waals surface area contributed by atoms with Crippen molar-refractivity contribution in [1.82, 2.24) is 24.7 Å². The molecule has 0 fully saturated rings. The van der Waals surface area contributed by atoms with E-state index >= 15 is 0 Å². The van der Waals surface area contributed by atoms with Crippen LogP contribution in [0, 0.1) is 12.7 Å². The first kappa shape index (κ1) is 15.6. The highest BCUT2D eigenvalue weighted by Crippen LogP contribution is 2.25. The highest BCUT2D eigenvalue weighted by molar-refractivity contribution is 7.13. The third-order valence-corrected chi connectivity index (χ3v) is 4.50. The molecule has 0 N–H and O–H groups in total. The fraction of sp³-hybridized carbons (Fsp3) is 0.111. The molecular formula is C18H14FN5S. The molecule has 7 heteroatoms. The van der Waals surface area contributed by atoms with Crippen molar-refractivity contribution in [3.8, 4) is 22.2 Å². The molecule has 0 saturated heterocycles. The highest BCUT2D eigenvalue weighted by atomic mass is 32.1. The largest absolute Gasteiger partial charge is 0.262 e. The molecule has 0 unspecified atom stereocenters. The Hall–Kier alpha value is -2.93. The normalized spacial score (nSPS) is 11.0. The average molecular weight is 351 g/mol. The van der Waals surface area contributed by atoms with E-state index in [2.05, 4.69) is 20.1 Å². The molecule has 5 nitrogen and oxygen atoms in total. The van der Waals surface area contributed by atoms with Crippen molar-refractivity contribution in [2.45, 2.75) is 13.5 Å². The van der Waals surface area contributed by atoms with Gasteiger partial charge in [0.1, 0.15) is 5.82 Å². The van der Waals surface area contributed by atoms with Gasteiger partial charge < -0.3 is 0 Å². The molecule has 0 amide bonds. The van der Waals surface area contributed by atoms with E-state index in [1.165, 1.54) is 17.4 Å². The summed E-state index contributed by atoms with van der Waals surface area (Å²) in [6.07, 6.45) is 3.45. The van der Waals surface area contributed by atoms with Gasteiger partial charge in [0.05, 0.1) is 6.54 Å². The first-order valence-corrected chi connectivity index (χ1v) is 8.60. The lowest BCUT2D eigenvalue weighted by molar-refractivity contribution is 0.587. The van der Waals surface area contributed by atoms with Crippen LogP contribution >= 0.6 is 11.3 Å². The lowest BCUT2D eigenvalue weighted by Gasteiger charge is -2.07. The van der Waals surface area contributed by atoms with Crippen LogP contribution in [0.5, 0.6) is 0 Å². The van der Waals surface area contributed by atoms with E-state index in [-0.39, 0.29) is 5.82 Å². The van der Waals surface area contributed by atoms with E-state index in [9.17, 15) is 4.39 Å². The van der Waals surface area contributed by atoms with Crippen LogP contribution in [-0.4, -0.2) is 24.7 Å². The van der Waals surface area contributed by atoms with Crippen LogP contribution < -0.4 is 0 Å². The monoisotopic (exact) mass is 351 g/mol. The minimum absolute atomic E-state index is 0.259. The van der Waals surface area contributed by atoms with Gasteiger partial charge >= 0.3 is 0 Å². The third kappa shape index (κ3) is 3.18. The van der Waals surface area contributed by atoms with Crippen LogP contribution in [-0.2, 0) is 6.54 Å². The van der Waals surface area contributed by atoms with Crippen LogP contribution in [0.4, 0.5) is 4.39 Å². The van der Waals surface area contributed by atoms with E-state index < -0.39 is 0 Å². The van der Waals surface area contributed by atoms with Crippen molar-refractivity contribution in [2.75, 3.05) is 0 Å². The molecule has 0 aliphatic heterocycles. The minimum Gasteiger partial charge on any atom is -0.262 e. The van der Waals surface area contributed by atoms with Crippen molar-refractivity contribution >= 4 is 11.3 Å². The number of thiazole rings is 1. The summed E-state index contributed by atoms with van der Waals surface area (Å²) in [5.41, 5.74) is 2.33. The number of aromatic nitrogens is 5. The Kier molecular flexibility index (Phi) is 4.07. The second-order valence-electron chi connectivity index (χ2n) is 5.53. The summed E-state index contributed by atoms with van der Waals surface area (Å²) in [4.78, 5) is 13.1. The summed E-state index contributed by atoms with van der Waals surface area (Å²) in [6.45, 7) is 2.21. The fourth-order valence-electron chi connectivity index (χ4n) is 2.56. The maximum atomic E-state index is 14.1. The molecule has 4 aromatic rings. The number of halogens is 1. The van der Waals surface area contributed by atoms with Gasteiger partial charge in [-0.1, -0.05) is 18.2 Å². The standard InChI is InChI=1S/C18H14FN5S/c1-12-10-13(6-7-20-12)17-22-16(18-21-8-9-25-18)23-24(17)11-14-4-2-3-5-15(14)19/h2-10H,11H2,1H3. The highest BCUT2D eigenvalue weighted by Gasteiger charge is 2.16. The zero-order valence-corrected chi connectivity index (χ0v) is 14.2. The topological polar surface area (TPSA) is 56.5 Å². The van der Waals surface area contributed by atoms with Crippen molar-refractivity contribution < 1.29 is 4.39 Å². The third-order valence-electron chi connectivity index (χ3n) is 3.73. The number of hydrogen-bond donors (Lipinski definition) is 0. The van der Waals surface area contributed by atoms with Gasteiger partial charge in [-0.2, -0.15) is 0 Å². The molecule has 3 aromatic heterocycles. The summed E-state index contributed by atoms with van der Waals surface area (Å²) in [6, 6.07) is 10.5. The zero-order chi connectivity index (χ0) is 17.2. The fourth-order valence-corrected chi connectivity index (χ4v) is 3.13. The van der Waals surface area contributed by atoms with Gasteiger partial charge in [-0.3, -0.25) is 4.98 Å². The molecule has 4 rings (SSSR count). The molecule has 0 aliphatic carbocycles. The molecule has 25 heavy (non-hydrogen) atoms. The Morgan fingerprint density at radius 1 is 1.12 bits per heavy atom. The van der Waals surface area contributed by atoms with Gasteiger partial charge in [-0.15, -0.1) is 16.4 Å².